The van der Waals surface area contributed by atoms with E-state index in [1.165, 1.54) is 0 Å². The number of carbonyl (C=O) groups is 1. The summed E-state index contributed by atoms with van der Waals surface area (Å²) >= 11 is 5.48. The molecule has 0 saturated carbocycles. The molecule has 1 aromatic rings. The van der Waals surface area contributed by atoms with Crippen LogP contribution in [0.4, 0.5) is 5.69 Å². The molecule has 0 aromatic heterocycles. The highest BCUT2D eigenvalue weighted by Gasteiger charge is 2.32. The molecule has 0 fully saturated rings. The number of hydrogen-bond donors (Lipinski definition) is 2. The fourth-order valence-electron chi connectivity index (χ4n) is 1.90. The number of hydroxylamine groups is 1. The number of nitrogens with zero attached hydrogens (tertiary/aromatic N) is 1. The Morgan fingerprint density at radius 1 is 1.53 bits per heavy atom. The zero-order chi connectivity index (χ0) is 13.8. The zero-order valence-electron chi connectivity index (χ0n) is 10.4. The average Bonchev–Trinajstić information content (AvgIpc) is 2.43. The number of hydrogen-bond acceptors (Lipinski definition) is 5. The highest BCUT2D eigenvalue weighted by molar-refractivity contribution is 6.16. The number of carbonyl (C=O) groups excluding carboxylic acids is 1. The summed E-state index contributed by atoms with van der Waals surface area (Å²) in [5.74, 6) is 0.0801. The maximum absolute atomic E-state index is 11.8. The van der Waals surface area contributed by atoms with Gasteiger partial charge < -0.3 is 9.47 Å². The number of halogens is 1. The Labute approximate surface area is 115 Å². The first-order chi connectivity index (χ1) is 9.17. The van der Waals surface area contributed by atoms with Gasteiger partial charge in [0.25, 0.3) is 5.91 Å². The van der Waals surface area contributed by atoms with Gasteiger partial charge >= 0.3 is 0 Å². The van der Waals surface area contributed by atoms with E-state index >= 15 is 0 Å². The largest absolute Gasteiger partial charge is 0.491 e. The van der Waals surface area contributed by atoms with Gasteiger partial charge in [-0.2, -0.15) is 5.06 Å². The summed E-state index contributed by atoms with van der Waals surface area (Å²) in [6, 6.07) is 4.57. The zero-order valence-corrected chi connectivity index (χ0v) is 11.2. The first kappa shape index (κ1) is 14.1. The Hall–Kier alpha value is -1.34. The van der Waals surface area contributed by atoms with Crippen LogP contribution in [-0.4, -0.2) is 37.5 Å². The SMILES string of the molecule is COCCOc1ccc2c(c1)N(O)C(=O)[C@@H](NCl)C2. The Morgan fingerprint density at radius 3 is 3.00 bits per heavy atom. The topological polar surface area (TPSA) is 71.0 Å². The second kappa shape index (κ2) is 6.21. The molecule has 19 heavy (non-hydrogen) atoms. The number of amides is 1. The van der Waals surface area contributed by atoms with Gasteiger partial charge in [-0.1, -0.05) is 6.07 Å². The van der Waals surface area contributed by atoms with Gasteiger partial charge in [0.1, 0.15) is 18.4 Å². The molecule has 104 valence electrons. The molecule has 0 radical (unpaired) electrons. The standard InChI is InChI=1S/C12H15ClN2O4/c1-18-4-5-19-9-3-2-8-6-10(14-13)12(16)15(17)11(8)7-9/h2-3,7,10,14,17H,4-6H2,1H3/t10-/m0/s1. The average molecular weight is 287 g/mol. The molecular formula is C12H15ClN2O4. The van der Waals surface area contributed by atoms with Crippen LogP contribution in [0, 0.1) is 0 Å². The molecule has 1 heterocycles. The molecular weight excluding hydrogens is 272 g/mol. The molecule has 1 aromatic carbocycles. The maximum Gasteiger partial charge on any atom is 0.269 e. The van der Waals surface area contributed by atoms with E-state index in [2.05, 4.69) is 4.84 Å². The summed E-state index contributed by atoms with van der Waals surface area (Å²) in [6.07, 6.45) is 0.424. The highest BCUT2D eigenvalue weighted by Crippen LogP contribution is 2.30. The third kappa shape index (κ3) is 2.98. The molecule has 1 aliphatic rings. The van der Waals surface area contributed by atoms with E-state index in [1.54, 1.807) is 25.3 Å². The number of fused-ring (bicyclic) bond motifs is 1. The lowest BCUT2D eigenvalue weighted by Gasteiger charge is -2.29. The van der Waals surface area contributed by atoms with E-state index in [-0.39, 0.29) is 0 Å². The smallest absolute Gasteiger partial charge is 0.269 e. The molecule has 0 aliphatic carbocycles. The van der Waals surface area contributed by atoms with Gasteiger partial charge in [0, 0.05) is 19.6 Å². The molecule has 7 heteroatoms. The van der Waals surface area contributed by atoms with E-state index in [0.29, 0.717) is 36.1 Å². The summed E-state index contributed by atoms with van der Waals surface area (Å²) < 4.78 is 10.3. The van der Waals surface area contributed by atoms with Crippen molar-refractivity contribution in [2.24, 2.45) is 0 Å². The monoisotopic (exact) mass is 286 g/mol. The van der Waals surface area contributed by atoms with Gasteiger partial charge in [-0.25, -0.2) is 4.84 Å². The highest BCUT2D eigenvalue weighted by atomic mass is 35.5. The lowest BCUT2D eigenvalue weighted by atomic mass is 9.99. The van der Waals surface area contributed by atoms with Crippen molar-refractivity contribution in [1.29, 1.82) is 0 Å². The molecule has 2 rings (SSSR count). The second-order valence-corrected chi connectivity index (χ2v) is 4.37. The minimum Gasteiger partial charge on any atom is -0.491 e. The lowest BCUT2D eigenvalue weighted by molar-refractivity contribution is -0.125. The molecule has 0 saturated heterocycles. The molecule has 0 bridgehead atoms. The quantitative estimate of drug-likeness (QED) is 0.482. The Kier molecular flexibility index (Phi) is 4.60. The number of methoxy groups -OCH3 is 1. The van der Waals surface area contributed by atoms with Crippen LogP contribution in [0.3, 0.4) is 0 Å². The molecule has 1 aliphatic heterocycles. The van der Waals surface area contributed by atoms with Gasteiger partial charge in [0.2, 0.25) is 0 Å². The number of rotatable bonds is 5. The normalized spacial score (nSPS) is 18.4. The van der Waals surface area contributed by atoms with Crippen LogP contribution in [0.2, 0.25) is 0 Å². The van der Waals surface area contributed by atoms with Gasteiger partial charge in [0.05, 0.1) is 12.3 Å². The van der Waals surface area contributed by atoms with E-state index in [4.69, 9.17) is 21.3 Å². The summed E-state index contributed by atoms with van der Waals surface area (Å²) in [4.78, 5) is 14.1. The molecule has 1 amide bonds. The third-order valence-electron chi connectivity index (χ3n) is 2.90. The Bertz CT molecular complexity index is 469. The van der Waals surface area contributed by atoms with E-state index in [0.717, 1.165) is 5.56 Å². The second-order valence-electron chi connectivity index (χ2n) is 4.15. The van der Waals surface area contributed by atoms with Crippen LogP contribution in [-0.2, 0) is 16.0 Å². The first-order valence-electron chi connectivity index (χ1n) is 5.81. The van der Waals surface area contributed by atoms with Crippen molar-refractivity contribution < 1.29 is 19.5 Å². The van der Waals surface area contributed by atoms with Crippen molar-refractivity contribution in [3.8, 4) is 5.75 Å². The molecule has 0 unspecified atom stereocenters. The number of benzene rings is 1. The maximum atomic E-state index is 11.8. The van der Waals surface area contributed by atoms with E-state index in [9.17, 15) is 10.0 Å². The van der Waals surface area contributed by atoms with Crippen molar-refractivity contribution >= 4 is 23.4 Å². The lowest BCUT2D eigenvalue weighted by Crippen LogP contribution is -2.47. The van der Waals surface area contributed by atoms with Crippen molar-refractivity contribution in [2.45, 2.75) is 12.5 Å². The molecule has 6 nitrogen and oxygen atoms in total. The van der Waals surface area contributed by atoms with Crippen LogP contribution < -0.4 is 14.6 Å². The third-order valence-corrected chi connectivity index (χ3v) is 3.17. The minimum atomic E-state index is -0.626. The minimum absolute atomic E-state index is 0.403. The Morgan fingerprint density at radius 2 is 2.32 bits per heavy atom. The van der Waals surface area contributed by atoms with Crippen LogP contribution in [0.5, 0.6) is 5.75 Å². The van der Waals surface area contributed by atoms with E-state index < -0.39 is 11.9 Å². The Balaban J connectivity index is 2.18. The van der Waals surface area contributed by atoms with Gasteiger partial charge in [-0.15, -0.1) is 0 Å². The number of ether oxygens (including phenoxy) is 2. The fraction of sp³-hybridized carbons (Fsp3) is 0.417. The van der Waals surface area contributed by atoms with Crippen molar-refractivity contribution in [1.82, 2.24) is 4.84 Å². The van der Waals surface area contributed by atoms with Gasteiger partial charge in [-0.3, -0.25) is 10.0 Å². The van der Waals surface area contributed by atoms with Crippen LogP contribution >= 0.6 is 11.8 Å². The van der Waals surface area contributed by atoms with Crippen LogP contribution in [0.1, 0.15) is 5.56 Å². The first-order valence-corrected chi connectivity index (χ1v) is 6.19. The van der Waals surface area contributed by atoms with Crippen LogP contribution in [0.25, 0.3) is 0 Å². The van der Waals surface area contributed by atoms with Crippen molar-refractivity contribution in [2.75, 3.05) is 25.4 Å². The molecule has 2 N–H and O–H groups in total. The fourth-order valence-corrected chi connectivity index (χ4v) is 2.08. The van der Waals surface area contributed by atoms with Gasteiger partial charge in [0.15, 0.2) is 0 Å². The summed E-state index contributed by atoms with van der Waals surface area (Å²) in [5.41, 5.74) is 1.24. The summed E-state index contributed by atoms with van der Waals surface area (Å²) in [5, 5.41) is 10.4. The summed E-state index contributed by atoms with van der Waals surface area (Å²) in [6.45, 7) is 0.873. The predicted molar refractivity (Wildman–Crippen MR) is 69.6 cm³/mol. The van der Waals surface area contributed by atoms with Crippen molar-refractivity contribution in [3.05, 3.63) is 23.8 Å². The number of nitrogens with one attached hydrogen (secondary N) is 1. The van der Waals surface area contributed by atoms with Crippen molar-refractivity contribution in [3.63, 3.8) is 0 Å². The summed E-state index contributed by atoms with van der Waals surface area (Å²) in [7, 11) is 1.59. The number of anilines is 1. The van der Waals surface area contributed by atoms with Crippen LogP contribution in [0.15, 0.2) is 18.2 Å². The van der Waals surface area contributed by atoms with E-state index in [1.807, 2.05) is 0 Å². The predicted octanol–water partition coefficient (Wildman–Crippen LogP) is 1.10. The van der Waals surface area contributed by atoms with Gasteiger partial charge in [-0.05, 0) is 23.4 Å². The molecule has 1 atom stereocenters. The molecule has 0 spiro atoms.